The smallest absolute Gasteiger partial charge is 1.00 e. The van der Waals surface area contributed by atoms with E-state index in [0.29, 0.717) is 0 Å². The van der Waals surface area contributed by atoms with Crippen LogP contribution < -0.4 is 14.1 Å². The van der Waals surface area contributed by atoms with E-state index < -0.39 is 0 Å². The largest absolute Gasteiger partial charge is 3.00 e. The van der Waals surface area contributed by atoms with Gasteiger partial charge in [-0.1, -0.05) is 0 Å². The summed E-state index contributed by atoms with van der Waals surface area (Å²) in [5.74, 6) is 0. The summed E-state index contributed by atoms with van der Waals surface area (Å²) in [4.78, 5) is 0. The van der Waals surface area contributed by atoms with Gasteiger partial charge in [-0.05, 0) is 0 Å². The Kier molecular flexibility index (Phi) is 2100000000. The van der Waals surface area contributed by atoms with Crippen LogP contribution in [0.4, 0.5) is 0 Å². The number of hydrogen-bond acceptors (Lipinski definition) is 0. The summed E-state index contributed by atoms with van der Waals surface area (Å²) in [5.41, 5.74) is 0. The Bertz CT molecular complexity index is 13.0. The maximum atomic E-state index is 0. The van der Waals surface area contributed by atoms with E-state index in [1.165, 1.54) is 0 Å². The third kappa shape index (κ3) is 83500. The van der Waals surface area contributed by atoms with Crippen LogP contribution in [-0.4, -0.2) is 32.9 Å². The summed E-state index contributed by atoms with van der Waals surface area (Å²) in [5, 5.41) is 0. The first kappa shape index (κ1) is 172000. The van der Waals surface area contributed by atoms with Crippen LogP contribution in [0, 0.1) is 0 Å². The summed E-state index contributed by atoms with van der Waals surface area (Å²) < 4.78 is 0. The first-order chi connectivity index (χ1) is 0. The van der Waals surface area contributed by atoms with Crippen molar-refractivity contribution in [3.8, 4) is 0 Å². The molecule has 0 aliphatic heterocycles. The van der Waals surface area contributed by atoms with E-state index in [1.54, 1.807) is 0 Å². The maximum absolute atomic E-state index is 0. The van der Waals surface area contributed by atoms with Gasteiger partial charge in [-0.25, -0.2) is 0 Å². The summed E-state index contributed by atoms with van der Waals surface area (Å²) in [6, 6.07) is 0. The van der Waals surface area contributed by atoms with Crippen LogP contribution in [0.5, 0.6) is 0 Å². The molecular weight excluding hydrogens is 209 g/mol. The molecule has 10 heavy (non-hydrogen) atoms. The van der Waals surface area contributed by atoms with Crippen molar-refractivity contribution in [1.29, 1.82) is 0 Å². The molecule has 0 aromatic rings. The zero-order valence-corrected chi connectivity index (χ0v) is 5.59. The molecule has 6 nitrogen and oxygen atoms in total. The Morgan fingerprint density at radius 3 is 0.300 bits per heavy atom. The molecule has 0 aliphatic carbocycles. The molecule has 1 radical (unpaired) electrons. The second-order valence-corrected chi connectivity index (χ2v) is 0. The minimum Gasteiger partial charge on any atom is -1.00 e. The number of halogens is 3. The molecule has 12 N–H and O–H groups in total. The first-order valence-corrected chi connectivity index (χ1v) is 0. The van der Waals surface area contributed by atoms with Gasteiger partial charge in [0, 0.05) is 0 Å². The monoisotopic (exact) mass is 221 g/mol. The number of hydrogen-bond donors (Lipinski definition) is 0. The van der Waals surface area contributed by atoms with E-state index in [4.69, 9.17) is 0 Å². The van der Waals surface area contributed by atoms with Gasteiger partial charge in [0.2, 0.25) is 0 Å². The third-order valence-electron chi connectivity index (χ3n) is 0. The van der Waals surface area contributed by atoms with E-state index in [9.17, 15) is 0 Å². The summed E-state index contributed by atoms with van der Waals surface area (Å²) >= 11 is 0. The van der Waals surface area contributed by atoms with E-state index >= 15 is 0 Å². The summed E-state index contributed by atoms with van der Waals surface area (Å²) in [6.07, 6.45) is 0. The molecule has 77 valence electrons. The van der Waals surface area contributed by atoms with E-state index in [-0.39, 0.29) is 64.0 Å². The number of rotatable bonds is 0. The van der Waals surface area contributed by atoms with Gasteiger partial charge in [-0.2, -0.15) is 0 Å². The topological polar surface area (TPSA) is 189 Å². The fraction of sp³-hybridized carbons (Fsp3) is 0. The van der Waals surface area contributed by atoms with Gasteiger partial charge < -0.3 is 47.0 Å². The Hall–Kier alpha value is 0.0695. The third-order valence-corrected chi connectivity index (χ3v) is 0. The van der Waals surface area contributed by atoms with Gasteiger partial charge in [0.15, 0.2) is 0 Å². The van der Waals surface area contributed by atoms with Crippen molar-refractivity contribution in [2.24, 2.45) is 0 Å². The predicted octanol–water partition coefficient (Wildman–Crippen LogP) is -13.9. The van der Waals surface area contributed by atoms with Crippen molar-refractivity contribution in [2.75, 3.05) is 0 Å². The van der Waals surface area contributed by atoms with E-state index in [0.717, 1.165) is 0 Å². The van der Waals surface area contributed by atoms with Crippen molar-refractivity contribution < 1.29 is 64.0 Å². The van der Waals surface area contributed by atoms with Crippen LogP contribution in [-0.2, 0) is 17.1 Å². The Morgan fingerprint density at radius 1 is 0.300 bits per heavy atom. The molecule has 0 atom stereocenters. The molecule has 10 heteroatoms. The summed E-state index contributed by atoms with van der Waals surface area (Å²) in [7, 11) is 0. The van der Waals surface area contributed by atoms with Crippen molar-refractivity contribution in [2.45, 2.75) is 0 Å². The first-order valence-electron chi connectivity index (χ1n) is 0. The van der Waals surface area contributed by atoms with E-state index in [1.807, 2.05) is 0 Å². The van der Waals surface area contributed by atoms with Crippen molar-refractivity contribution in [3.05, 3.63) is 0 Å². The van der Waals surface area contributed by atoms with Gasteiger partial charge in [0.05, 0.1) is 0 Å². The molecule has 0 fully saturated rings. The van der Waals surface area contributed by atoms with Crippen molar-refractivity contribution in [3.63, 3.8) is 0 Å². The maximum Gasteiger partial charge on any atom is 3.00 e. The molecule has 0 rings (SSSR count). The molecule has 0 saturated heterocycles. The van der Waals surface area contributed by atoms with Gasteiger partial charge in [0.25, 0.3) is 0 Å². The average Bonchev–Trinajstić information content (AvgIpc) is 0. The van der Waals surface area contributed by atoms with Crippen LogP contribution in [0.1, 0.15) is 0 Å². The average molecular weight is 221 g/mol. The van der Waals surface area contributed by atoms with Crippen LogP contribution in [0.2, 0.25) is 0 Å². The second-order valence-electron chi connectivity index (χ2n) is 0. The van der Waals surface area contributed by atoms with Crippen LogP contribution in [0.25, 0.3) is 0 Å². The fourth-order valence-corrected chi connectivity index (χ4v) is 0. The quantitative estimate of drug-likeness (QED) is 0.351. The fourth-order valence-electron chi connectivity index (χ4n) is 0. The van der Waals surface area contributed by atoms with E-state index in [2.05, 4.69) is 0 Å². The zero-order valence-electron chi connectivity index (χ0n) is 4.49. The Morgan fingerprint density at radius 2 is 0.300 bits per heavy atom. The molecule has 0 unspecified atom stereocenters. The SMILES string of the molecule is O.O.O.O.O.O.[F-].[F-].[F-].[Fe+3]. The molecule has 0 aromatic heterocycles. The normalized spacial score (nSPS) is 0. The second kappa shape index (κ2) is 122000. The zero-order chi connectivity index (χ0) is 0. The van der Waals surface area contributed by atoms with Crippen LogP contribution in [0.3, 0.4) is 0 Å². The van der Waals surface area contributed by atoms with Gasteiger partial charge in [0.1, 0.15) is 0 Å². The molecule has 0 heterocycles. The van der Waals surface area contributed by atoms with Crippen molar-refractivity contribution in [1.82, 2.24) is 0 Å². The molecule has 0 aliphatic rings. The minimum atomic E-state index is 0. The standard InChI is InChI=1S/3FH.Fe.6H2O/h3*1H;;6*1H2/q;;;+3;;;;;;/p-3. The molecule has 0 spiro atoms. The van der Waals surface area contributed by atoms with Crippen LogP contribution in [0.15, 0.2) is 0 Å². The van der Waals surface area contributed by atoms with Crippen LogP contribution >= 0.6 is 0 Å². The Balaban J connectivity index is 0. The van der Waals surface area contributed by atoms with Gasteiger partial charge in [-0.3, -0.25) is 0 Å². The van der Waals surface area contributed by atoms with Gasteiger partial charge in [-0.15, -0.1) is 0 Å². The Labute approximate surface area is 65.0 Å². The minimum absolute atomic E-state index is 0. The molecule has 0 saturated carbocycles. The molecular formula is H12F3FeO6. The predicted molar refractivity (Wildman–Crippen MR) is 21.7 cm³/mol. The molecule has 0 aromatic carbocycles. The van der Waals surface area contributed by atoms with Crippen molar-refractivity contribution >= 4 is 0 Å². The summed E-state index contributed by atoms with van der Waals surface area (Å²) in [6.45, 7) is 0. The molecule has 0 amide bonds. The van der Waals surface area contributed by atoms with Gasteiger partial charge >= 0.3 is 17.1 Å². The molecule has 0 bridgehead atoms.